The standard InChI is InChI=1S/C20H22N2O6/c1-20(2)18(23)17(15-9-8-14(22(25)26)12-16(15)28-20)27-19(24)21-11-10-13-6-4-3-5-7-13/h3-9,12,17-18,23H,10-11H2,1-2H3,(H,21,24)/t17-,18+/m0/s1. The second-order valence-corrected chi connectivity index (χ2v) is 7.12. The minimum absolute atomic E-state index is 0.142. The van der Waals surface area contributed by atoms with Crippen molar-refractivity contribution in [3.05, 3.63) is 69.8 Å². The molecule has 0 saturated carbocycles. The van der Waals surface area contributed by atoms with Crippen molar-refractivity contribution in [2.75, 3.05) is 6.54 Å². The zero-order chi connectivity index (χ0) is 20.3. The van der Waals surface area contributed by atoms with E-state index in [2.05, 4.69) is 5.32 Å². The normalized spacial score (nSPS) is 19.8. The van der Waals surface area contributed by atoms with Crippen molar-refractivity contribution in [1.29, 1.82) is 0 Å². The lowest BCUT2D eigenvalue weighted by Crippen LogP contribution is -2.50. The molecule has 1 heterocycles. The van der Waals surface area contributed by atoms with Crippen LogP contribution in [0.4, 0.5) is 10.5 Å². The van der Waals surface area contributed by atoms with E-state index in [0.717, 1.165) is 5.56 Å². The third kappa shape index (κ3) is 4.23. The number of nitrogens with one attached hydrogen (secondary N) is 1. The average molecular weight is 386 g/mol. The number of carbonyl (C=O) groups excluding carboxylic acids is 1. The molecule has 0 radical (unpaired) electrons. The SMILES string of the molecule is CC1(C)Oc2cc([N+](=O)[O-])ccc2[C@H](OC(=O)NCCc2ccccc2)[C@H]1O. The Morgan fingerprint density at radius 1 is 1.29 bits per heavy atom. The van der Waals surface area contributed by atoms with Crippen molar-refractivity contribution < 1.29 is 24.3 Å². The van der Waals surface area contributed by atoms with E-state index in [1.54, 1.807) is 13.8 Å². The van der Waals surface area contributed by atoms with Crippen molar-refractivity contribution in [2.24, 2.45) is 0 Å². The number of rotatable bonds is 5. The van der Waals surface area contributed by atoms with Crippen molar-refractivity contribution in [1.82, 2.24) is 5.32 Å². The van der Waals surface area contributed by atoms with Crippen molar-refractivity contribution >= 4 is 11.8 Å². The van der Waals surface area contributed by atoms with Crippen molar-refractivity contribution in [3.63, 3.8) is 0 Å². The second kappa shape index (κ2) is 7.85. The van der Waals surface area contributed by atoms with Crippen LogP contribution in [-0.2, 0) is 11.2 Å². The monoisotopic (exact) mass is 386 g/mol. The number of ether oxygens (including phenoxy) is 2. The van der Waals surface area contributed by atoms with Crippen LogP contribution in [0.25, 0.3) is 0 Å². The van der Waals surface area contributed by atoms with Gasteiger partial charge in [0.25, 0.3) is 5.69 Å². The van der Waals surface area contributed by atoms with E-state index < -0.39 is 28.8 Å². The Balaban J connectivity index is 1.71. The van der Waals surface area contributed by atoms with Gasteiger partial charge < -0.3 is 19.9 Å². The lowest BCUT2D eigenvalue weighted by Gasteiger charge is -2.41. The highest BCUT2D eigenvalue weighted by Crippen LogP contribution is 2.43. The molecule has 0 bridgehead atoms. The van der Waals surface area contributed by atoms with Gasteiger partial charge in [0.2, 0.25) is 0 Å². The van der Waals surface area contributed by atoms with Crippen LogP contribution in [-0.4, -0.2) is 34.4 Å². The molecule has 0 unspecified atom stereocenters. The topological polar surface area (TPSA) is 111 Å². The molecule has 0 fully saturated rings. The van der Waals surface area contributed by atoms with E-state index in [0.29, 0.717) is 18.5 Å². The molecule has 0 saturated heterocycles. The van der Waals surface area contributed by atoms with Gasteiger partial charge in [0.15, 0.2) is 6.10 Å². The molecule has 1 amide bonds. The first kappa shape index (κ1) is 19.6. The fourth-order valence-electron chi connectivity index (χ4n) is 3.08. The maximum atomic E-state index is 12.2. The van der Waals surface area contributed by atoms with Gasteiger partial charge in [0.05, 0.1) is 11.0 Å². The highest BCUT2D eigenvalue weighted by molar-refractivity contribution is 5.68. The number of fused-ring (bicyclic) bond motifs is 1. The number of nitro benzene ring substituents is 1. The summed E-state index contributed by atoms with van der Waals surface area (Å²) in [5, 5.41) is 24.3. The zero-order valence-corrected chi connectivity index (χ0v) is 15.6. The summed E-state index contributed by atoms with van der Waals surface area (Å²) in [7, 11) is 0. The quantitative estimate of drug-likeness (QED) is 0.603. The molecule has 0 aliphatic carbocycles. The largest absolute Gasteiger partial charge is 0.484 e. The van der Waals surface area contributed by atoms with Crippen LogP contribution in [0.3, 0.4) is 0 Å². The molecular formula is C20H22N2O6. The maximum Gasteiger partial charge on any atom is 0.407 e. The summed E-state index contributed by atoms with van der Waals surface area (Å²) in [4.78, 5) is 22.7. The molecule has 0 spiro atoms. The Kier molecular flexibility index (Phi) is 5.51. The second-order valence-electron chi connectivity index (χ2n) is 7.12. The summed E-state index contributed by atoms with van der Waals surface area (Å²) in [5.41, 5.74) is 0.234. The predicted octanol–water partition coefficient (Wildman–Crippen LogP) is 3.14. The van der Waals surface area contributed by atoms with Crippen LogP contribution in [0.5, 0.6) is 5.75 Å². The van der Waals surface area contributed by atoms with Gasteiger partial charge in [-0.25, -0.2) is 4.79 Å². The average Bonchev–Trinajstić information content (AvgIpc) is 2.65. The van der Waals surface area contributed by atoms with E-state index in [1.165, 1.54) is 18.2 Å². The van der Waals surface area contributed by atoms with Gasteiger partial charge >= 0.3 is 6.09 Å². The van der Waals surface area contributed by atoms with E-state index in [-0.39, 0.29) is 11.4 Å². The Hall–Kier alpha value is -3.13. The molecular weight excluding hydrogens is 364 g/mol. The number of nitrogens with zero attached hydrogens (tertiary/aromatic N) is 1. The molecule has 1 aliphatic heterocycles. The summed E-state index contributed by atoms with van der Waals surface area (Å²) >= 11 is 0. The van der Waals surface area contributed by atoms with Crippen LogP contribution in [0.1, 0.15) is 31.1 Å². The molecule has 2 atom stereocenters. The lowest BCUT2D eigenvalue weighted by atomic mass is 9.88. The van der Waals surface area contributed by atoms with Gasteiger partial charge in [-0.15, -0.1) is 0 Å². The van der Waals surface area contributed by atoms with Crippen LogP contribution >= 0.6 is 0 Å². The third-order valence-electron chi connectivity index (χ3n) is 4.65. The third-order valence-corrected chi connectivity index (χ3v) is 4.65. The number of non-ortho nitro benzene ring substituents is 1. The first-order chi connectivity index (χ1) is 13.3. The van der Waals surface area contributed by atoms with Gasteiger partial charge in [0.1, 0.15) is 17.5 Å². The molecule has 8 heteroatoms. The van der Waals surface area contributed by atoms with E-state index in [9.17, 15) is 20.0 Å². The Morgan fingerprint density at radius 3 is 2.68 bits per heavy atom. The number of hydrogen-bond acceptors (Lipinski definition) is 6. The van der Waals surface area contributed by atoms with Gasteiger partial charge in [-0.3, -0.25) is 10.1 Å². The molecule has 148 valence electrons. The van der Waals surface area contributed by atoms with Crippen LogP contribution < -0.4 is 10.1 Å². The fraction of sp³-hybridized carbons (Fsp3) is 0.350. The van der Waals surface area contributed by atoms with Gasteiger partial charge in [-0.2, -0.15) is 0 Å². The summed E-state index contributed by atoms with van der Waals surface area (Å²) in [5.74, 6) is 0.214. The number of nitro groups is 1. The minimum atomic E-state index is -1.14. The van der Waals surface area contributed by atoms with Gasteiger partial charge in [0, 0.05) is 18.2 Å². The molecule has 3 rings (SSSR count). The minimum Gasteiger partial charge on any atom is -0.484 e. The van der Waals surface area contributed by atoms with E-state index in [4.69, 9.17) is 9.47 Å². The number of aliphatic hydroxyl groups excluding tert-OH is 1. The van der Waals surface area contributed by atoms with Gasteiger partial charge in [-0.1, -0.05) is 30.3 Å². The number of alkyl carbamates (subject to hydrolysis) is 1. The van der Waals surface area contributed by atoms with E-state index >= 15 is 0 Å². The zero-order valence-electron chi connectivity index (χ0n) is 15.6. The Labute approximate surface area is 162 Å². The number of carbonyl (C=O) groups is 1. The highest BCUT2D eigenvalue weighted by atomic mass is 16.6. The number of amides is 1. The number of benzene rings is 2. The van der Waals surface area contributed by atoms with Crippen LogP contribution in [0.2, 0.25) is 0 Å². The van der Waals surface area contributed by atoms with Crippen molar-refractivity contribution in [2.45, 2.75) is 38.1 Å². The molecule has 1 aliphatic rings. The fourth-order valence-corrected chi connectivity index (χ4v) is 3.08. The lowest BCUT2D eigenvalue weighted by molar-refractivity contribution is -0.385. The first-order valence-electron chi connectivity index (χ1n) is 8.92. The van der Waals surface area contributed by atoms with Crippen molar-refractivity contribution in [3.8, 4) is 5.75 Å². The Bertz CT molecular complexity index is 868. The molecule has 2 aromatic rings. The Morgan fingerprint density at radius 2 is 2.00 bits per heavy atom. The maximum absolute atomic E-state index is 12.2. The molecule has 28 heavy (non-hydrogen) atoms. The first-order valence-corrected chi connectivity index (χ1v) is 8.92. The van der Waals surface area contributed by atoms with Crippen LogP contribution in [0, 0.1) is 10.1 Å². The summed E-state index contributed by atoms with van der Waals surface area (Å²) < 4.78 is 11.2. The smallest absolute Gasteiger partial charge is 0.407 e. The van der Waals surface area contributed by atoms with Crippen LogP contribution in [0.15, 0.2) is 48.5 Å². The molecule has 8 nitrogen and oxygen atoms in total. The van der Waals surface area contributed by atoms with E-state index in [1.807, 2.05) is 30.3 Å². The summed E-state index contributed by atoms with van der Waals surface area (Å²) in [6, 6.07) is 13.7. The molecule has 2 N–H and O–H groups in total. The molecule has 2 aromatic carbocycles. The highest BCUT2D eigenvalue weighted by Gasteiger charge is 2.45. The summed E-state index contributed by atoms with van der Waals surface area (Å²) in [6.45, 7) is 3.63. The predicted molar refractivity (Wildman–Crippen MR) is 101 cm³/mol. The summed E-state index contributed by atoms with van der Waals surface area (Å²) in [6.07, 6.45) is -2.18. The van der Waals surface area contributed by atoms with Gasteiger partial charge in [-0.05, 0) is 31.9 Å². The number of aliphatic hydroxyl groups is 1. The number of hydrogen-bond donors (Lipinski definition) is 2. The molecule has 0 aromatic heterocycles.